The van der Waals surface area contributed by atoms with E-state index < -0.39 is 0 Å². The molecule has 2 aliphatic heterocycles. The number of carbonyl (C=O) groups is 2. The van der Waals surface area contributed by atoms with Crippen LogP contribution in [0, 0.1) is 0 Å². The van der Waals surface area contributed by atoms with Gasteiger partial charge in [-0.2, -0.15) is 0 Å². The first-order valence-corrected chi connectivity index (χ1v) is 9.50. The lowest BCUT2D eigenvalue weighted by atomic mass is 10.2. The van der Waals surface area contributed by atoms with Crippen LogP contribution in [0.3, 0.4) is 0 Å². The minimum atomic E-state index is -0.322. The Kier molecular flexibility index (Phi) is 5.41. The van der Waals surface area contributed by atoms with E-state index in [1.807, 2.05) is 30.3 Å². The van der Waals surface area contributed by atoms with Gasteiger partial charge >= 0.3 is 6.03 Å². The van der Waals surface area contributed by atoms with E-state index in [4.69, 9.17) is 14.2 Å². The minimum Gasteiger partial charge on any atom is -0.496 e. The van der Waals surface area contributed by atoms with Crippen molar-refractivity contribution in [3.05, 3.63) is 48.0 Å². The second-order valence-electron chi connectivity index (χ2n) is 6.87. The van der Waals surface area contributed by atoms with Crippen molar-refractivity contribution in [2.75, 3.05) is 31.8 Å². The number of fused-ring (bicyclic) bond motifs is 1. The van der Waals surface area contributed by atoms with Crippen LogP contribution in [-0.2, 0) is 11.3 Å². The first-order chi connectivity index (χ1) is 14.1. The summed E-state index contributed by atoms with van der Waals surface area (Å²) in [6.45, 7) is 1.74. The largest absolute Gasteiger partial charge is 0.496 e. The van der Waals surface area contributed by atoms with E-state index in [2.05, 4.69) is 10.6 Å². The number of nitrogens with one attached hydrogen (secondary N) is 2. The highest BCUT2D eigenvalue weighted by atomic mass is 16.6. The number of methoxy groups -OCH3 is 1. The molecule has 2 aliphatic rings. The minimum absolute atomic E-state index is 0.0447. The highest BCUT2D eigenvalue weighted by Crippen LogP contribution is 2.35. The Bertz CT molecular complexity index is 917. The summed E-state index contributed by atoms with van der Waals surface area (Å²) in [5.74, 6) is 1.98. The van der Waals surface area contributed by atoms with Crippen molar-refractivity contribution in [1.29, 1.82) is 0 Å². The van der Waals surface area contributed by atoms with Crippen molar-refractivity contribution >= 4 is 17.6 Å². The maximum atomic E-state index is 12.5. The van der Waals surface area contributed by atoms with E-state index in [0.29, 0.717) is 43.6 Å². The van der Waals surface area contributed by atoms with Crippen molar-refractivity contribution < 1.29 is 23.8 Å². The van der Waals surface area contributed by atoms with Crippen molar-refractivity contribution in [3.8, 4) is 17.2 Å². The van der Waals surface area contributed by atoms with Crippen LogP contribution in [0.4, 0.5) is 10.5 Å². The smallest absolute Gasteiger partial charge is 0.315 e. The standard InChI is InChI=1S/C21H23N3O5/c1-27-17-5-3-2-4-14(17)12-22-21(26)23-15-10-20(25)24(13-15)16-6-7-18-19(11-16)29-9-8-28-18/h2-7,11,15H,8-10,12-13H2,1H3,(H2,22,23,26)/t15-/m0/s1. The highest BCUT2D eigenvalue weighted by molar-refractivity contribution is 5.97. The van der Waals surface area contributed by atoms with Crippen LogP contribution in [0.5, 0.6) is 17.2 Å². The van der Waals surface area contributed by atoms with Crippen LogP contribution < -0.4 is 29.7 Å². The average Bonchev–Trinajstić information content (AvgIpc) is 3.11. The van der Waals surface area contributed by atoms with Gasteiger partial charge in [-0.05, 0) is 18.2 Å². The van der Waals surface area contributed by atoms with E-state index in [0.717, 1.165) is 11.3 Å². The van der Waals surface area contributed by atoms with Gasteiger partial charge in [0, 0.05) is 36.8 Å². The summed E-state index contributed by atoms with van der Waals surface area (Å²) in [5, 5.41) is 5.68. The van der Waals surface area contributed by atoms with Gasteiger partial charge in [-0.25, -0.2) is 4.79 Å². The molecule has 2 aromatic carbocycles. The van der Waals surface area contributed by atoms with Crippen LogP contribution in [0.15, 0.2) is 42.5 Å². The number of amides is 3. The number of rotatable bonds is 5. The van der Waals surface area contributed by atoms with Gasteiger partial charge in [0.15, 0.2) is 11.5 Å². The van der Waals surface area contributed by atoms with Crippen LogP contribution >= 0.6 is 0 Å². The van der Waals surface area contributed by atoms with Crippen LogP contribution in [0.25, 0.3) is 0 Å². The second kappa shape index (κ2) is 8.30. The topological polar surface area (TPSA) is 89.1 Å². The normalized spacial score (nSPS) is 17.8. The predicted molar refractivity (Wildman–Crippen MR) is 107 cm³/mol. The monoisotopic (exact) mass is 397 g/mol. The molecule has 2 aromatic rings. The maximum absolute atomic E-state index is 12.5. The van der Waals surface area contributed by atoms with Gasteiger partial charge in [0.05, 0.1) is 13.2 Å². The molecule has 4 rings (SSSR count). The Morgan fingerprint density at radius 1 is 1.17 bits per heavy atom. The number of hydrogen-bond donors (Lipinski definition) is 2. The summed E-state index contributed by atoms with van der Waals surface area (Å²) in [4.78, 5) is 26.4. The molecule has 8 nitrogen and oxygen atoms in total. The SMILES string of the molecule is COc1ccccc1CNC(=O)N[C@H]1CC(=O)N(c2ccc3c(c2)OCCO3)C1. The Morgan fingerprint density at radius 2 is 1.97 bits per heavy atom. The molecule has 2 heterocycles. The molecule has 29 heavy (non-hydrogen) atoms. The van der Waals surface area contributed by atoms with Gasteiger partial charge < -0.3 is 29.7 Å². The molecule has 0 aliphatic carbocycles. The maximum Gasteiger partial charge on any atom is 0.315 e. The number of carbonyl (C=O) groups excluding carboxylic acids is 2. The van der Waals surface area contributed by atoms with Crippen molar-refractivity contribution in [2.24, 2.45) is 0 Å². The highest BCUT2D eigenvalue weighted by Gasteiger charge is 2.32. The number of nitrogens with zero attached hydrogens (tertiary/aromatic N) is 1. The Balaban J connectivity index is 1.34. The van der Waals surface area contributed by atoms with Gasteiger partial charge in [0.1, 0.15) is 19.0 Å². The summed E-state index contributed by atoms with van der Waals surface area (Å²) in [7, 11) is 1.59. The van der Waals surface area contributed by atoms with Crippen LogP contribution in [-0.4, -0.2) is 44.8 Å². The molecular weight excluding hydrogens is 374 g/mol. The molecule has 3 amide bonds. The molecule has 8 heteroatoms. The van der Waals surface area contributed by atoms with Gasteiger partial charge in [0.25, 0.3) is 0 Å². The first-order valence-electron chi connectivity index (χ1n) is 9.50. The van der Waals surface area contributed by atoms with Crippen molar-refractivity contribution in [3.63, 3.8) is 0 Å². The molecule has 1 atom stereocenters. The van der Waals surface area contributed by atoms with E-state index in [1.54, 1.807) is 24.1 Å². The molecule has 0 spiro atoms. The molecule has 2 N–H and O–H groups in total. The number of urea groups is 1. The molecule has 0 radical (unpaired) electrons. The zero-order valence-electron chi connectivity index (χ0n) is 16.1. The fourth-order valence-corrected chi connectivity index (χ4v) is 3.51. The fourth-order valence-electron chi connectivity index (χ4n) is 3.51. The predicted octanol–water partition coefficient (Wildman–Crippen LogP) is 2.07. The molecule has 152 valence electrons. The van der Waals surface area contributed by atoms with Gasteiger partial charge in [-0.15, -0.1) is 0 Å². The zero-order valence-corrected chi connectivity index (χ0v) is 16.1. The number of para-hydroxylation sites is 1. The second-order valence-corrected chi connectivity index (χ2v) is 6.87. The van der Waals surface area contributed by atoms with Crippen LogP contribution in [0.2, 0.25) is 0 Å². The number of benzene rings is 2. The lowest BCUT2D eigenvalue weighted by Crippen LogP contribution is -2.43. The molecular formula is C21H23N3O5. The van der Waals surface area contributed by atoms with Crippen LogP contribution in [0.1, 0.15) is 12.0 Å². The third kappa shape index (κ3) is 4.21. The Morgan fingerprint density at radius 3 is 2.79 bits per heavy atom. The number of anilines is 1. The molecule has 1 fully saturated rings. The van der Waals surface area contributed by atoms with Gasteiger partial charge in [-0.3, -0.25) is 4.79 Å². The molecule has 0 aromatic heterocycles. The van der Waals surface area contributed by atoms with Gasteiger partial charge in [0.2, 0.25) is 5.91 Å². The summed E-state index contributed by atoms with van der Waals surface area (Å²) >= 11 is 0. The van der Waals surface area contributed by atoms with E-state index in [1.165, 1.54) is 0 Å². The summed E-state index contributed by atoms with van der Waals surface area (Å²) in [6.07, 6.45) is 0.247. The quantitative estimate of drug-likeness (QED) is 0.806. The third-order valence-electron chi connectivity index (χ3n) is 4.93. The third-order valence-corrected chi connectivity index (χ3v) is 4.93. The molecule has 0 unspecified atom stereocenters. The zero-order chi connectivity index (χ0) is 20.2. The van der Waals surface area contributed by atoms with E-state index in [-0.39, 0.29) is 24.4 Å². The lowest BCUT2D eigenvalue weighted by molar-refractivity contribution is -0.117. The van der Waals surface area contributed by atoms with Gasteiger partial charge in [-0.1, -0.05) is 18.2 Å². The average molecular weight is 397 g/mol. The number of hydrogen-bond acceptors (Lipinski definition) is 5. The first kappa shape index (κ1) is 18.9. The molecule has 0 saturated carbocycles. The Hall–Kier alpha value is -3.42. The Labute approximate surface area is 168 Å². The fraction of sp³-hybridized carbons (Fsp3) is 0.333. The number of ether oxygens (including phenoxy) is 3. The van der Waals surface area contributed by atoms with E-state index in [9.17, 15) is 9.59 Å². The van der Waals surface area contributed by atoms with Crippen molar-refractivity contribution in [2.45, 2.75) is 19.0 Å². The summed E-state index contributed by atoms with van der Waals surface area (Å²) in [6, 6.07) is 12.3. The molecule has 0 bridgehead atoms. The molecule has 1 saturated heterocycles. The van der Waals surface area contributed by atoms with Crippen molar-refractivity contribution in [1.82, 2.24) is 10.6 Å². The summed E-state index contributed by atoms with van der Waals surface area (Å²) in [5.41, 5.74) is 1.61. The summed E-state index contributed by atoms with van der Waals surface area (Å²) < 4.78 is 16.4. The lowest BCUT2D eigenvalue weighted by Gasteiger charge is -2.22. The van der Waals surface area contributed by atoms with E-state index >= 15 is 0 Å².